The fourth-order valence-corrected chi connectivity index (χ4v) is 2.49. The Morgan fingerprint density at radius 2 is 1.95 bits per heavy atom. The van der Waals surface area contributed by atoms with Crippen LogP contribution in [-0.4, -0.2) is 15.8 Å². The lowest BCUT2D eigenvalue weighted by Gasteiger charge is -1.99. The number of hydrogen-bond donors (Lipinski definition) is 1. The SMILES string of the molecule is CC(=O)c1nc(-c2ccc[n+](Cc3ccccc3)c2)[nH]c1C. The smallest absolute Gasteiger partial charge is 0.180 e. The van der Waals surface area contributed by atoms with Gasteiger partial charge in [-0.2, -0.15) is 0 Å². The molecule has 0 aliphatic rings. The molecule has 22 heavy (non-hydrogen) atoms. The molecule has 0 radical (unpaired) electrons. The number of rotatable bonds is 4. The van der Waals surface area contributed by atoms with Gasteiger partial charge in [0.05, 0.1) is 5.56 Å². The second-order valence-corrected chi connectivity index (χ2v) is 5.37. The lowest BCUT2D eigenvalue weighted by molar-refractivity contribution is -0.687. The maximum atomic E-state index is 11.5. The van der Waals surface area contributed by atoms with E-state index in [-0.39, 0.29) is 5.78 Å². The van der Waals surface area contributed by atoms with Gasteiger partial charge in [-0.15, -0.1) is 0 Å². The van der Waals surface area contributed by atoms with E-state index in [2.05, 4.69) is 26.7 Å². The quantitative estimate of drug-likeness (QED) is 0.594. The molecule has 0 unspecified atom stereocenters. The van der Waals surface area contributed by atoms with Crippen LogP contribution in [0.4, 0.5) is 0 Å². The average molecular weight is 292 g/mol. The first-order chi connectivity index (χ1) is 10.6. The third-order valence-corrected chi connectivity index (χ3v) is 3.56. The molecule has 2 heterocycles. The van der Waals surface area contributed by atoms with Crippen molar-refractivity contribution in [3.8, 4) is 11.4 Å². The number of aromatic nitrogens is 3. The average Bonchev–Trinajstić information content (AvgIpc) is 2.91. The monoisotopic (exact) mass is 292 g/mol. The Labute approximate surface area is 129 Å². The molecule has 0 saturated carbocycles. The molecule has 0 aliphatic carbocycles. The maximum absolute atomic E-state index is 11.5. The van der Waals surface area contributed by atoms with Crippen LogP contribution in [0.2, 0.25) is 0 Å². The molecule has 1 N–H and O–H groups in total. The van der Waals surface area contributed by atoms with Crippen LogP contribution in [-0.2, 0) is 6.54 Å². The van der Waals surface area contributed by atoms with E-state index >= 15 is 0 Å². The summed E-state index contributed by atoms with van der Waals surface area (Å²) in [5, 5.41) is 0. The number of aromatic amines is 1. The summed E-state index contributed by atoms with van der Waals surface area (Å²) in [6.45, 7) is 4.20. The number of carbonyl (C=O) groups is 1. The number of pyridine rings is 1. The van der Waals surface area contributed by atoms with Gasteiger partial charge in [0.1, 0.15) is 11.5 Å². The first-order valence-electron chi connectivity index (χ1n) is 7.24. The van der Waals surface area contributed by atoms with Gasteiger partial charge >= 0.3 is 0 Å². The molecule has 0 aliphatic heterocycles. The van der Waals surface area contributed by atoms with Gasteiger partial charge in [-0.1, -0.05) is 30.3 Å². The fourth-order valence-electron chi connectivity index (χ4n) is 2.49. The Hall–Kier alpha value is -2.75. The summed E-state index contributed by atoms with van der Waals surface area (Å²) in [6.07, 6.45) is 4.06. The molecular formula is C18H18N3O+. The number of Topliss-reactive ketones (excluding diaryl/α,β-unsaturated/α-hetero) is 1. The van der Waals surface area contributed by atoms with Gasteiger partial charge in [0, 0.05) is 24.2 Å². The highest BCUT2D eigenvalue weighted by atomic mass is 16.1. The Balaban J connectivity index is 1.91. The van der Waals surface area contributed by atoms with Crippen molar-refractivity contribution in [1.82, 2.24) is 9.97 Å². The Morgan fingerprint density at radius 3 is 2.64 bits per heavy atom. The number of benzene rings is 1. The summed E-state index contributed by atoms with van der Waals surface area (Å²) in [7, 11) is 0. The van der Waals surface area contributed by atoms with Crippen LogP contribution in [0.5, 0.6) is 0 Å². The van der Waals surface area contributed by atoms with Crippen LogP contribution in [0.25, 0.3) is 11.4 Å². The van der Waals surface area contributed by atoms with Crippen molar-refractivity contribution in [3.63, 3.8) is 0 Å². The number of hydrogen-bond acceptors (Lipinski definition) is 2. The summed E-state index contributed by atoms with van der Waals surface area (Å²) in [4.78, 5) is 19.1. The van der Waals surface area contributed by atoms with E-state index < -0.39 is 0 Å². The zero-order valence-electron chi connectivity index (χ0n) is 12.7. The van der Waals surface area contributed by atoms with Crippen molar-refractivity contribution in [2.45, 2.75) is 20.4 Å². The number of aryl methyl sites for hydroxylation is 1. The highest BCUT2D eigenvalue weighted by Crippen LogP contribution is 2.16. The number of H-pyrrole nitrogens is 1. The Kier molecular flexibility index (Phi) is 3.83. The van der Waals surface area contributed by atoms with Crippen LogP contribution < -0.4 is 4.57 Å². The number of carbonyl (C=O) groups excluding carboxylic acids is 1. The molecule has 2 aromatic heterocycles. The zero-order chi connectivity index (χ0) is 15.5. The van der Waals surface area contributed by atoms with Gasteiger partial charge in [0.15, 0.2) is 24.7 Å². The molecule has 0 bridgehead atoms. The molecule has 4 nitrogen and oxygen atoms in total. The molecular weight excluding hydrogens is 274 g/mol. The van der Waals surface area contributed by atoms with Gasteiger partial charge in [0.25, 0.3) is 0 Å². The molecule has 0 fully saturated rings. The van der Waals surface area contributed by atoms with Crippen molar-refractivity contribution in [2.24, 2.45) is 0 Å². The standard InChI is InChI=1S/C18H17N3O/c1-13-17(14(2)22)20-18(19-13)16-9-6-10-21(12-16)11-15-7-4-3-5-8-15/h3-10,12H,11H2,1-2H3/p+1. The van der Waals surface area contributed by atoms with Gasteiger partial charge in [-0.25, -0.2) is 9.55 Å². The summed E-state index contributed by atoms with van der Waals surface area (Å²) in [5.74, 6) is 0.707. The molecule has 110 valence electrons. The largest absolute Gasteiger partial charge is 0.341 e. The van der Waals surface area contributed by atoms with E-state index in [9.17, 15) is 4.79 Å². The number of nitrogens with zero attached hydrogens (tertiary/aromatic N) is 2. The van der Waals surface area contributed by atoms with Gasteiger partial charge in [-0.3, -0.25) is 4.79 Å². The van der Waals surface area contributed by atoms with Crippen LogP contribution in [0, 0.1) is 6.92 Å². The van der Waals surface area contributed by atoms with Crippen LogP contribution in [0.1, 0.15) is 28.7 Å². The molecule has 0 spiro atoms. The minimum Gasteiger partial charge on any atom is -0.341 e. The third-order valence-electron chi connectivity index (χ3n) is 3.56. The van der Waals surface area contributed by atoms with E-state index in [4.69, 9.17) is 0 Å². The van der Waals surface area contributed by atoms with Crippen molar-refractivity contribution >= 4 is 5.78 Å². The van der Waals surface area contributed by atoms with Crippen molar-refractivity contribution < 1.29 is 9.36 Å². The molecule has 3 aromatic rings. The number of imidazole rings is 1. The number of ketones is 1. The Morgan fingerprint density at radius 1 is 1.18 bits per heavy atom. The number of nitrogens with one attached hydrogen (secondary N) is 1. The third kappa shape index (κ3) is 2.96. The van der Waals surface area contributed by atoms with E-state index in [1.54, 1.807) is 0 Å². The topological polar surface area (TPSA) is 49.6 Å². The summed E-state index contributed by atoms with van der Waals surface area (Å²) < 4.78 is 2.11. The zero-order valence-corrected chi connectivity index (χ0v) is 12.7. The van der Waals surface area contributed by atoms with E-state index in [0.717, 1.165) is 23.6 Å². The summed E-state index contributed by atoms with van der Waals surface area (Å²) in [6, 6.07) is 14.3. The van der Waals surface area contributed by atoms with Crippen molar-refractivity contribution in [2.75, 3.05) is 0 Å². The first-order valence-corrected chi connectivity index (χ1v) is 7.24. The van der Waals surface area contributed by atoms with Crippen LogP contribution >= 0.6 is 0 Å². The fraction of sp³-hybridized carbons (Fsp3) is 0.167. The van der Waals surface area contributed by atoms with Crippen LogP contribution in [0.15, 0.2) is 54.9 Å². The second-order valence-electron chi connectivity index (χ2n) is 5.37. The normalized spacial score (nSPS) is 10.6. The van der Waals surface area contributed by atoms with E-state index in [1.165, 1.54) is 12.5 Å². The second kappa shape index (κ2) is 5.93. The summed E-state index contributed by atoms with van der Waals surface area (Å²) >= 11 is 0. The molecule has 0 atom stereocenters. The van der Waals surface area contributed by atoms with E-state index in [1.807, 2.05) is 49.6 Å². The van der Waals surface area contributed by atoms with E-state index in [0.29, 0.717) is 5.69 Å². The molecule has 0 saturated heterocycles. The predicted octanol–water partition coefficient (Wildman–Crippen LogP) is 2.92. The molecule has 4 heteroatoms. The Bertz CT molecular complexity index is 806. The lowest BCUT2D eigenvalue weighted by Crippen LogP contribution is -2.33. The van der Waals surface area contributed by atoms with Gasteiger partial charge < -0.3 is 4.98 Å². The highest BCUT2D eigenvalue weighted by molar-refractivity contribution is 5.93. The lowest BCUT2D eigenvalue weighted by atomic mass is 10.2. The van der Waals surface area contributed by atoms with Crippen molar-refractivity contribution in [3.05, 3.63) is 71.8 Å². The first kappa shape index (κ1) is 14.2. The predicted molar refractivity (Wildman–Crippen MR) is 84.5 cm³/mol. The van der Waals surface area contributed by atoms with Crippen molar-refractivity contribution in [1.29, 1.82) is 0 Å². The molecule has 0 amide bonds. The van der Waals surface area contributed by atoms with Gasteiger partial charge in [-0.05, 0) is 13.0 Å². The minimum absolute atomic E-state index is 0.0203. The molecule has 1 aromatic carbocycles. The summed E-state index contributed by atoms with van der Waals surface area (Å²) in [5.41, 5.74) is 3.52. The van der Waals surface area contributed by atoms with Crippen LogP contribution in [0.3, 0.4) is 0 Å². The minimum atomic E-state index is -0.0203. The van der Waals surface area contributed by atoms with Gasteiger partial charge in [0.2, 0.25) is 0 Å². The molecule has 3 rings (SSSR count). The highest BCUT2D eigenvalue weighted by Gasteiger charge is 2.14. The maximum Gasteiger partial charge on any atom is 0.180 e.